The molecule has 1 rings (SSSR count). The van der Waals surface area contributed by atoms with Crippen LogP contribution >= 0.6 is 0 Å². The lowest BCUT2D eigenvalue weighted by Crippen LogP contribution is -2.31. The topological polar surface area (TPSA) is 60.2 Å². The highest BCUT2D eigenvalue weighted by molar-refractivity contribution is 7.91. The van der Waals surface area contributed by atoms with Gasteiger partial charge in [-0.1, -0.05) is 32.0 Å². The normalized spacial score (nSPS) is 12.7. The molecule has 0 heterocycles. The Kier molecular flexibility index (Phi) is 3.52. The van der Waals surface area contributed by atoms with E-state index >= 15 is 0 Å². The monoisotopic (exact) mass is 227 g/mol. The summed E-state index contributed by atoms with van der Waals surface area (Å²) in [7, 11) is -3.21. The van der Waals surface area contributed by atoms with Crippen molar-refractivity contribution in [1.82, 2.24) is 0 Å². The molecule has 0 fully saturated rings. The number of nitrogens with two attached hydrogens (primary N) is 1. The van der Waals surface area contributed by atoms with Gasteiger partial charge in [0.2, 0.25) is 0 Å². The molecule has 1 aromatic rings. The molecule has 0 saturated heterocycles. The van der Waals surface area contributed by atoms with Crippen LogP contribution in [0, 0.1) is 5.41 Å². The summed E-state index contributed by atoms with van der Waals surface area (Å²) in [6.07, 6.45) is 0. The zero-order valence-electron chi connectivity index (χ0n) is 9.10. The smallest absolute Gasteiger partial charge is 0.178 e. The predicted molar refractivity (Wildman–Crippen MR) is 61.3 cm³/mol. The maximum Gasteiger partial charge on any atom is 0.178 e. The first-order valence-electron chi connectivity index (χ1n) is 4.85. The molecule has 0 bridgehead atoms. The third-order valence-electron chi connectivity index (χ3n) is 2.24. The quantitative estimate of drug-likeness (QED) is 0.846. The van der Waals surface area contributed by atoms with Gasteiger partial charge in [0.1, 0.15) is 0 Å². The third kappa shape index (κ3) is 3.32. The van der Waals surface area contributed by atoms with E-state index in [9.17, 15) is 8.42 Å². The van der Waals surface area contributed by atoms with Crippen molar-refractivity contribution in [1.29, 1.82) is 0 Å². The highest BCUT2D eigenvalue weighted by atomic mass is 32.2. The zero-order chi connectivity index (χ0) is 11.5. The van der Waals surface area contributed by atoms with Crippen molar-refractivity contribution in [3.05, 3.63) is 30.3 Å². The number of rotatable bonds is 4. The Labute approximate surface area is 91.2 Å². The second-order valence-corrected chi connectivity index (χ2v) is 6.43. The Balaban J connectivity index is 2.96. The summed E-state index contributed by atoms with van der Waals surface area (Å²) in [5.41, 5.74) is 5.15. The summed E-state index contributed by atoms with van der Waals surface area (Å²) < 4.78 is 23.9. The molecule has 0 unspecified atom stereocenters. The lowest BCUT2D eigenvalue weighted by atomic mass is 9.97. The number of benzene rings is 1. The van der Waals surface area contributed by atoms with Crippen LogP contribution in [0.4, 0.5) is 0 Å². The molecular formula is C11H17NO2S. The van der Waals surface area contributed by atoms with Gasteiger partial charge in [-0.05, 0) is 24.1 Å². The Morgan fingerprint density at radius 2 is 1.73 bits per heavy atom. The van der Waals surface area contributed by atoms with Crippen molar-refractivity contribution in [2.75, 3.05) is 12.3 Å². The Morgan fingerprint density at radius 3 is 2.20 bits per heavy atom. The second-order valence-electron chi connectivity index (χ2n) is 4.44. The van der Waals surface area contributed by atoms with E-state index in [-0.39, 0.29) is 11.2 Å². The van der Waals surface area contributed by atoms with Gasteiger partial charge in [0.15, 0.2) is 9.84 Å². The van der Waals surface area contributed by atoms with Crippen LogP contribution in [0.5, 0.6) is 0 Å². The van der Waals surface area contributed by atoms with Crippen LogP contribution in [0.15, 0.2) is 35.2 Å². The molecule has 0 aliphatic carbocycles. The van der Waals surface area contributed by atoms with Crippen molar-refractivity contribution < 1.29 is 8.42 Å². The molecule has 4 heteroatoms. The molecule has 0 aliphatic rings. The highest BCUT2D eigenvalue weighted by Crippen LogP contribution is 2.21. The molecule has 0 aliphatic heterocycles. The molecule has 15 heavy (non-hydrogen) atoms. The average Bonchev–Trinajstić information content (AvgIpc) is 2.18. The van der Waals surface area contributed by atoms with E-state index in [0.717, 1.165) is 0 Å². The third-order valence-corrected chi connectivity index (χ3v) is 4.39. The fraction of sp³-hybridized carbons (Fsp3) is 0.455. The van der Waals surface area contributed by atoms with Crippen LogP contribution in [0.1, 0.15) is 13.8 Å². The van der Waals surface area contributed by atoms with Crippen LogP contribution in [0.2, 0.25) is 0 Å². The minimum absolute atomic E-state index is 0.0838. The lowest BCUT2D eigenvalue weighted by Gasteiger charge is -2.21. The van der Waals surface area contributed by atoms with Crippen LogP contribution in [0.25, 0.3) is 0 Å². The van der Waals surface area contributed by atoms with Crippen LogP contribution in [-0.4, -0.2) is 20.7 Å². The Bertz CT molecular complexity index is 409. The summed E-state index contributed by atoms with van der Waals surface area (Å²) >= 11 is 0. The standard InChI is InChI=1S/C11H17NO2S/c1-11(2,8-12)9-15(13,14)10-6-4-3-5-7-10/h3-7H,8-9,12H2,1-2H3. The first-order chi connectivity index (χ1) is 6.87. The Hall–Kier alpha value is -0.870. The summed E-state index contributed by atoms with van der Waals surface area (Å²) in [5.74, 6) is 0.0838. The van der Waals surface area contributed by atoms with Gasteiger partial charge in [0.25, 0.3) is 0 Å². The van der Waals surface area contributed by atoms with Gasteiger partial charge in [0, 0.05) is 0 Å². The number of sulfone groups is 1. The van der Waals surface area contributed by atoms with E-state index in [2.05, 4.69) is 0 Å². The predicted octanol–water partition coefficient (Wildman–Crippen LogP) is 1.45. The van der Waals surface area contributed by atoms with Gasteiger partial charge >= 0.3 is 0 Å². The molecule has 0 aromatic heterocycles. The molecule has 0 saturated carbocycles. The van der Waals surface area contributed by atoms with Crippen LogP contribution in [0.3, 0.4) is 0 Å². The van der Waals surface area contributed by atoms with E-state index in [4.69, 9.17) is 5.73 Å². The summed E-state index contributed by atoms with van der Waals surface area (Å²) in [4.78, 5) is 0.367. The van der Waals surface area contributed by atoms with Crippen molar-refractivity contribution in [3.8, 4) is 0 Å². The molecule has 3 nitrogen and oxygen atoms in total. The molecule has 84 valence electrons. The van der Waals surface area contributed by atoms with E-state index in [1.807, 2.05) is 13.8 Å². The summed E-state index contributed by atoms with van der Waals surface area (Å²) in [6.45, 7) is 4.07. The largest absolute Gasteiger partial charge is 0.330 e. The SMILES string of the molecule is CC(C)(CN)CS(=O)(=O)c1ccccc1. The first-order valence-corrected chi connectivity index (χ1v) is 6.50. The van der Waals surface area contributed by atoms with Gasteiger partial charge in [-0.15, -0.1) is 0 Å². The van der Waals surface area contributed by atoms with Crippen LogP contribution in [-0.2, 0) is 9.84 Å². The zero-order valence-corrected chi connectivity index (χ0v) is 9.92. The summed E-state index contributed by atoms with van der Waals surface area (Å²) in [6, 6.07) is 8.47. The van der Waals surface area contributed by atoms with Gasteiger partial charge in [-0.3, -0.25) is 0 Å². The maximum absolute atomic E-state index is 12.0. The molecule has 1 aromatic carbocycles. The van der Waals surface area contributed by atoms with Gasteiger partial charge < -0.3 is 5.73 Å². The van der Waals surface area contributed by atoms with Gasteiger partial charge in [0.05, 0.1) is 10.6 Å². The minimum Gasteiger partial charge on any atom is -0.330 e. The van der Waals surface area contributed by atoms with E-state index in [1.54, 1.807) is 30.3 Å². The van der Waals surface area contributed by atoms with E-state index in [0.29, 0.717) is 11.4 Å². The average molecular weight is 227 g/mol. The fourth-order valence-corrected chi connectivity index (χ4v) is 3.17. The van der Waals surface area contributed by atoms with Gasteiger partial charge in [-0.2, -0.15) is 0 Å². The van der Waals surface area contributed by atoms with Crippen molar-refractivity contribution in [3.63, 3.8) is 0 Å². The first kappa shape index (κ1) is 12.2. The number of hydrogen-bond donors (Lipinski definition) is 1. The maximum atomic E-state index is 12.0. The van der Waals surface area contributed by atoms with Crippen molar-refractivity contribution in [2.24, 2.45) is 11.1 Å². The molecule has 0 spiro atoms. The molecule has 2 N–H and O–H groups in total. The molecular weight excluding hydrogens is 210 g/mol. The Morgan fingerprint density at radius 1 is 1.20 bits per heavy atom. The fourth-order valence-electron chi connectivity index (χ4n) is 1.28. The second kappa shape index (κ2) is 4.33. The molecule has 0 atom stereocenters. The molecule has 0 amide bonds. The minimum atomic E-state index is -3.21. The summed E-state index contributed by atoms with van der Waals surface area (Å²) in [5, 5.41) is 0. The highest BCUT2D eigenvalue weighted by Gasteiger charge is 2.25. The van der Waals surface area contributed by atoms with Gasteiger partial charge in [-0.25, -0.2) is 8.42 Å². The molecule has 0 radical (unpaired) electrons. The van der Waals surface area contributed by atoms with E-state index < -0.39 is 9.84 Å². The van der Waals surface area contributed by atoms with Crippen molar-refractivity contribution >= 4 is 9.84 Å². The van der Waals surface area contributed by atoms with Crippen LogP contribution < -0.4 is 5.73 Å². The lowest BCUT2D eigenvalue weighted by molar-refractivity contribution is 0.425. The number of hydrogen-bond acceptors (Lipinski definition) is 3. The van der Waals surface area contributed by atoms with Crippen molar-refractivity contribution in [2.45, 2.75) is 18.7 Å². The van der Waals surface area contributed by atoms with E-state index in [1.165, 1.54) is 0 Å².